The fourth-order valence-electron chi connectivity index (χ4n) is 1.70. The molecule has 0 saturated heterocycles. The van der Waals surface area contributed by atoms with Gasteiger partial charge in [0.25, 0.3) is 0 Å². The van der Waals surface area contributed by atoms with Crippen molar-refractivity contribution in [2.45, 2.75) is 33.4 Å². The Morgan fingerprint density at radius 3 is 2.59 bits per heavy atom. The van der Waals surface area contributed by atoms with E-state index in [1.807, 2.05) is 39.0 Å². The van der Waals surface area contributed by atoms with Gasteiger partial charge in [-0.3, -0.25) is 4.79 Å². The number of carbonyl (C=O) groups is 1. The molecule has 0 aromatic heterocycles. The fourth-order valence-corrected chi connectivity index (χ4v) is 1.70. The summed E-state index contributed by atoms with van der Waals surface area (Å²) in [6, 6.07) is 7.75. The van der Waals surface area contributed by atoms with E-state index >= 15 is 0 Å². The van der Waals surface area contributed by atoms with Gasteiger partial charge >= 0.3 is 0 Å². The Balaban J connectivity index is 2.66. The summed E-state index contributed by atoms with van der Waals surface area (Å²) >= 11 is 0. The predicted molar refractivity (Wildman–Crippen MR) is 70.5 cm³/mol. The molecule has 0 aliphatic rings. The van der Waals surface area contributed by atoms with Crippen molar-refractivity contribution in [3.8, 4) is 0 Å². The number of hydrogen-bond acceptors (Lipinski definition) is 2. The normalized spacial score (nSPS) is 12.6. The maximum absolute atomic E-state index is 12.0. The summed E-state index contributed by atoms with van der Waals surface area (Å²) in [6.45, 7) is 6.58. The molecule has 1 rings (SSSR count). The van der Waals surface area contributed by atoms with E-state index in [2.05, 4.69) is 6.07 Å². The number of rotatable bonds is 4. The van der Waals surface area contributed by atoms with Crippen LogP contribution in [0.15, 0.2) is 24.3 Å². The molecule has 1 aromatic carbocycles. The largest absolute Gasteiger partial charge is 0.340 e. The average molecular weight is 234 g/mol. The molecule has 0 radical (unpaired) electrons. The zero-order valence-electron chi connectivity index (χ0n) is 11.1. The Morgan fingerprint density at radius 2 is 2.06 bits per heavy atom. The van der Waals surface area contributed by atoms with E-state index in [1.165, 1.54) is 5.56 Å². The second-order valence-electron chi connectivity index (χ2n) is 4.95. The minimum Gasteiger partial charge on any atom is -0.340 e. The highest BCUT2D eigenvalue weighted by Crippen LogP contribution is 2.09. The molecule has 3 heteroatoms. The third-order valence-corrected chi connectivity index (χ3v) is 2.88. The Kier molecular flexibility index (Phi) is 4.70. The van der Waals surface area contributed by atoms with Crippen LogP contribution in [-0.4, -0.2) is 23.9 Å². The number of likely N-dealkylation sites (N-methyl/N-ethyl adjacent to an activating group) is 1. The first-order valence-corrected chi connectivity index (χ1v) is 5.98. The standard InChI is InChI=1S/C14H22N2O/c1-10(2)13(15)14(17)16(4)9-12-7-5-6-11(3)8-12/h5-8,10,13H,9,15H2,1-4H3/t13-/m1/s1. The second-order valence-corrected chi connectivity index (χ2v) is 4.95. The van der Waals surface area contributed by atoms with Crippen LogP contribution in [0, 0.1) is 12.8 Å². The van der Waals surface area contributed by atoms with Crippen molar-refractivity contribution in [1.82, 2.24) is 4.90 Å². The van der Waals surface area contributed by atoms with Crippen molar-refractivity contribution >= 4 is 5.91 Å². The highest BCUT2D eigenvalue weighted by atomic mass is 16.2. The topological polar surface area (TPSA) is 46.3 Å². The highest BCUT2D eigenvalue weighted by Gasteiger charge is 2.20. The Bertz CT molecular complexity index is 388. The third kappa shape index (κ3) is 3.86. The Hall–Kier alpha value is -1.35. The lowest BCUT2D eigenvalue weighted by Crippen LogP contribution is -2.44. The van der Waals surface area contributed by atoms with E-state index < -0.39 is 6.04 Å². The summed E-state index contributed by atoms with van der Waals surface area (Å²) in [4.78, 5) is 13.7. The van der Waals surface area contributed by atoms with Crippen LogP contribution >= 0.6 is 0 Å². The van der Waals surface area contributed by atoms with Gasteiger partial charge in [-0.05, 0) is 18.4 Å². The zero-order chi connectivity index (χ0) is 13.0. The lowest BCUT2D eigenvalue weighted by molar-refractivity contribution is -0.132. The molecule has 1 aromatic rings. The quantitative estimate of drug-likeness (QED) is 0.865. The van der Waals surface area contributed by atoms with E-state index in [9.17, 15) is 4.79 Å². The number of benzene rings is 1. The van der Waals surface area contributed by atoms with E-state index in [0.29, 0.717) is 6.54 Å². The van der Waals surface area contributed by atoms with Gasteiger partial charge in [-0.25, -0.2) is 0 Å². The van der Waals surface area contributed by atoms with Gasteiger partial charge in [0.15, 0.2) is 0 Å². The van der Waals surface area contributed by atoms with Crippen molar-refractivity contribution in [1.29, 1.82) is 0 Å². The molecule has 1 atom stereocenters. The molecular weight excluding hydrogens is 212 g/mol. The molecule has 2 N–H and O–H groups in total. The molecule has 3 nitrogen and oxygen atoms in total. The van der Waals surface area contributed by atoms with Gasteiger partial charge in [0.2, 0.25) is 5.91 Å². The maximum atomic E-state index is 12.0. The van der Waals surface area contributed by atoms with E-state index in [0.717, 1.165) is 5.56 Å². The van der Waals surface area contributed by atoms with Crippen molar-refractivity contribution in [3.63, 3.8) is 0 Å². The fraction of sp³-hybridized carbons (Fsp3) is 0.500. The average Bonchev–Trinajstić information content (AvgIpc) is 2.26. The molecular formula is C14H22N2O. The molecule has 0 heterocycles. The van der Waals surface area contributed by atoms with Gasteiger partial charge < -0.3 is 10.6 Å². The first-order valence-electron chi connectivity index (χ1n) is 5.98. The van der Waals surface area contributed by atoms with Crippen molar-refractivity contribution in [2.24, 2.45) is 11.7 Å². The Morgan fingerprint density at radius 1 is 1.41 bits per heavy atom. The van der Waals surface area contributed by atoms with Gasteiger partial charge in [0, 0.05) is 13.6 Å². The molecule has 0 spiro atoms. The number of hydrogen-bond donors (Lipinski definition) is 1. The van der Waals surface area contributed by atoms with Crippen molar-refractivity contribution < 1.29 is 4.79 Å². The molecule has 0 fully saturated rings. The molecule has 0 aliphatic carbocycles. The summed E-state index contributed by atoms with van der Waals surface area (Å²) in [7, 11) is 1.80. The molecule has 0 unspecified atom stereocenters. The lowest BCUT2D eigenvalue weighted by atomic mass is 10.0. The number of nitrogens with two attached hydrogens (primary N) is 1. The molecule has 0 bridgehead atoms. The lowest BCUT2D eigenvalue weighted by Gasteiger charge is -2.23. The first kappa shape index (κ1) is 13.7. The zero-order valence-corrected chi connectivity index (χ0v) is 11.1. The van der Waals surface area contributed by atoms with Crippen LogP contribution in [0.3, 0.4) is 0 Å². The minimum absolute atomic E-state index is 0.00139. The second kappa shape index (κ2) is 5.82. The Labute approximate surface area is 104 Å². The molecule has 17 heavy (non-hydrogen) atoms. The van der Waals surface area contributed by atoms with Crippen LogP contribution in [0.25, 0.3) is 0 Å². The SMILES string of the molecule is Cc1cccc(CN(C)C(=O)[C@H](N)C(C)C)c1. The summed E-state index contributed by atoms with van der Waals surface area (Å²) in [6.07, 6.45) is 0. The van der Waals surface area contributed by atoms with Crippen LogP contribution < -0.4 is 5.73 Å². The third-order valence-electron chi connectivity index (χ3n) is 2.88. The van der Waals surface area contributed by atoms with E-state index in [1.54, 1.807) is 11.9 Å². The smallest absolute Gasteiger partial charge is 0.239 e. The van der Waals surface area contributed by atoms with Gasteiger partial charge in [0.05, 0.1) is 6.04 Å². The minimum atomic E-state index is -0.412. The number of carbonyl (C=O) groups excluding carboxylic acids is 1. The summed E-state index contributed by atoms with van der Waals surface area (Å²) in [5.41, 5.74) is 8.19. The predicted octanol–water partition coefficient (Wildman–Crippen LogP) is 1.94. The first-order chi connectivity index (χ1) is 7.91. The van der Waals surface area contributed by atoms with Crippen molar-refractivity contribution in [2.75, 3.05) is 7.05 Å². The van der Waals surface area contributed by atoms with E-state index in [-0.39, 0.29) is 11.8 Å². The molecule has 1 amide bonds. The molecule has 0 saturated carbocycles. The number of aryl methyl sites for hydroxylation is 1. The maximum Gasteiger partial charge on any atom is 0.239 e. The van der Waals surface area contributed by atoms with Crippen LogP contribution in [0.2, 0.25) is 0 Å². The summed E-state index contributed by atoms with van der Waals surface area (Å²) < 4.78 is 0. The van der Waals surface area contributed by atoms with Gasteiger partial charge in [0.1, 0.15) is 0 Å². The molecule has 0 aliphatic heterocycles. The monoisotopic (exact) mass is 234 g/mol. The van der Waals surface area contributed by atoms with Crippen LogP contribution in [0.4, 0.5) is 0 Å². The number of amides is 1. The van der Waals surface area contributed by atoms with Crippen LogP contribution in [-0.2, 0) is 11.3 Å². The highest BCUT2D eigenvalue weighted by molar-refractivity contribution is 5.81. The molecule has 94 valence electrons. The van der Waals surface area contributed by atoms with Crippen LogP contribution in [0.1, 0.15) is 25.0 Å². The summed E-state index contributed by atoms with van der Waals surface area (Å²) in [5, 5.41) is 0. The van der Waals surface area contributed by atoms with Gasteiger partial charge in [-0.2, -0.15) is 0 Å². The van der Waals surface area contributed by atoms with Gasteiger partial charge in [-0.15, -0.1) is 0 Å². The van der Waals surface area contributed by atoms with Crippen molar-refractivity contribution in [3.05, 3.63) is 35.4 Å². The van der Waals surface area contributed by atoms with Gasteiger partial charge in [-0.1, -0.05) is 43.7 Å². The van der Waals surface area contributed by atoms with E-state index in [4.69, 9.17) is 5.73 Å². The summed E-state index contributed by atoms with van der Waals surface area (Å²) in [5.74, 6) is 0.170. The van der Waals surface area contributed by atoms with Crippen LogP contribution in [0.5, 0.6) is 0 Å². The number of nitrogens with zero attached hydrogens (tertiary/aromatic N) is 1.